The lowest BCUT2D eigenvalue weighted by atomic mass is 10.2. The van der Waals surface area contributed by atoms with Gasteiger partial charge in [0.05, 0.1) is 17.3 Å². The lowest BCUT2D eigenvalue weighted by molar-refractivity contribution is 0.894. The predicted molar refractivity (Wildman–Crippen MR) is 74.2 cm³/mol. The normalized spacial score (nSPS) is 10.9. The highest BCUT2D eigenvalue weighted by molar-refractivity contribution is 6.31. The van der Waals surface area contributed by atoms with E-state index >= 15 is 0 Å². The lowest BCUT2D eigenvalue weighted by Crippen LogP contribution is -2.09. The molecule has 0 atom stereocenters. The summed E-state index contributed by atoms with van der Waals surface area (Å²) in [5.41, 5.74) is 5.05. The van der Waals surface area contributed by atoms with Crippen LogP contribution >= 0.6 is 11.6 Å². The third kappa shape index (κ3) is 1.91. The van der Waals surface area contributed by atoms with Crippen LogP contribution in [0.2, 0.25) is 5.02 Å². The smallest absolute Gasteiger partial charge is 0.168 e. The molecule has 0 radical (unpaired) electrons. The third-order valence-electron chi connectivity index (χ3n) is 2.90. The highest BCUT2D eigenvalue weighted by Crippen LogP contribution is 2.23. The van der Waals surface area contributed by atoms with E-state index < -0.39 is 0 Å². The summed E-state index contributed by atoms with van der Waals surface area (Å²) < 4.78 is 1.70. The molecule has 2 aromatic heterocycles. The van der Waals surface area contributed by atoms with Crippen molar-refractivity contribution in [1.29, 1.82) is 0 Å². The van der Waals surface area contributed by atoms with Gasteiger partial charge in [-0.2, -0.15) is 5.10 Å². The molecule has 3 rings (SSSR count). The Labute approximate surface area is 114 Å². The number of anilines is 1. The van der Waals surface area contributed by atoms with E-state index in [1.807, 2.05) is 25.1 Å². The number of aryl methyl sites for hydroxylation is 1. The fraction of sp³-hybridized carbons (Fsp3) is 0.0833. The first-order chi connectivity index (χ1) is 9.20. The second kappa shape index (κ2) is 4.49. The molecule has 0 saturated heterocycles. The predicted octanol–water partition coefficient (Wildman–Crippen LogP) is 2.06. The number of benzene rings is 1. The minimum absolute atomic E-state index is 0.537. The van der Waals surface area contributed by atoms with Crippen LogP contribution < -0.4 is 11.3 Å². The van der Waals surface area contributed by atoms with Gasteiger partial charge in [0, 0.05) is 5.02 Å². The van der Waals surface area contributed by atoms with Crippen molar-refractivity contribution in [1.82, 2.24) is 19.7 Å². The molecule has 0 spiro atoms. The van der Waals surface area contributed by atoms with Crippen LogP contribution in [0, 0.1) is 6.92 Å². The van der Waals surface area contributed by atoms with E-state index in [9.17, 15) is 0 Å². The van der Waals surface area contributed by atoms with Gasteiger partial charge in [0.2, 0.25) is 0 Å². The van der Waals surface area contributed by atoms with Crippen molar-refractivity contribution >= 4 is 28.5 Å². The number of hydrogen-bond donors (Lipinski definition) is 2. The molecular formula is C12H11ClN6. The van der Waals surface area contributed by atoms with E-state index in [-0.39, 0.29) is 0 Å². The largest absolute Gasteiger partial charge is 0.308 e. The molecule has 0 aliphatic heterocycles. The molecule has 7 heteroatoms. The number of nitrogen functional groups attached to an aromatic ring is 1. The molecule has 2 heterocycles. The van der Waals surface area contributed by atoms with Crippen molar-refractivity contribution in [3.63, 3.8) is 0 Å². The standard InChI is InChI=1S/C12H11ClN6/c1-7-2-3-8(4-10(7)13)19-12-9(5-17-19)11(18-14)15-6-16-12/h2-6H,14H2,1H3,(H,15,16,18). The maximum atomic E-state index is 6.13. The molecule has 6 nitrogen and oxygen atoms in total. The van der Waals surface area contributed by atoms with E-state index in [0.29, 0.717) is 16.5 Å². The van der Waals surface area contributed by atoms with Crippen molar-refractivity contribution in [2.24, 2.45) is 5.84 Å². The fourth-order valence-electron chi connectivity index (χ4n) is 1.86. The minimum Gasteiger partial charge on any atom is -0.308 e. The second-order valence-electron chi connectivity index (χ2n) is 4.09. The summed E-state index contributed by atoms with van der Waals surface area (Å²) in [6.45, 7) is 1.95. The fourth-order valence-corrected chi connectivity index (χ4v) is 2.04. The summed E-state index contributed by atoms with van der Waals surface area (Å²) >= 11 is 6.13. The van der Waals surface area contributed by atoms with Crippen molar-refractivity contribution in [3.8, 4) is 5.69 Å². The summed E-state index contributed by atoms with van der Waals surface area (Å²) in [5, 5.41) is 5.74. The molecule has 0 saturated carbocycles. The Morgan fingerprint density at radius 2 is 2.16 bits per heavy atom. The Balaban J connectivity index is 2.23. The zero-order valence-corrected chi connectivity index (χ0v) is 10.9. The summed E-state index contributed by atoms with van der Waals surface area (Å²) in [4.78, 5) is 8.27. The van der Waals surface area contributed by atoms with Gasteiger partial charge in [-0.3, -0.25) is 0 Å². The van der Waals surface area contributed by atoms with Crippen LogP contribution in [0.5, 0.6) is 0 Å². The molecule has 3 aromatic rings. The number of fused-ring (bicyclic) bond motifs is 1. The molecule has 1 aromatic carbocycles. The highest BCUT2D eigenvalue weighted by atomic mass is 35.5. The van der Waals surface area contributed by atoms with Crippen LogP contribution in [-0.4, -0.2) is 19.7 Å². The van der Waals surface area contributed by atoms with E-state index in [4.69, 9.17) is 17.4 Å². The topological polar surface area (TPSA) is 81.7 Å². The second-order valence-corrected chi connectivity index (χ2v) is 4.50. The summed E-state index contributed by atoms with van der Waals surface area (Å²) in [7, 11) is 0. The third-order valence-corrected chi connectivity index (χ3v) is 3.31. The van der Waals surface area contributed by atoms with Gasteiger partial charge < -0.3 is 5.43 Å². The zero-order chi connectivity index (χ0) is 13.4. The van der Waals surface area contributed by atoms with E-state index in [0.717, 1.165) is 16.6 Å². The number of aromatic nitrogens is 4. The Kier molecular flexibility index (Phi) is 2.81. The van der Waals surface area contributed by atoms with Gasteiger partial charge in [0.25, 0.3) is 0 Å². The maximum Gasteiger partial charge on any atom is 0.168 e. The molecule has 0 amide bonds. The van der Waals surface area contributed by atoms with Crippen LogP contribution in [0.25, 0.3) is 16.7 Å². The number of hydrazine groups is 1. The maximum absolute atomic E-state index is 6.13. The van der Waals surface area contributed by atoms with E-state index in [1.54, 1.807) is 10.9 Å². The molecule has 0 aliphatic carbocycles. The molecule has 19 heavy (non-hydrogen) atoms. The first kappa shape index (κ1) is 11.9. The Hall–Kier alpha value is -2.18. The van der Waals surface area contributed by atoms with Crippen LogP contribution in [0.4, 0.5) is 5.82 Å². The van der Waals surface area contributed by atoms with Crippen LogP contribution in [-0.2, 0) is 0 Å². The van der Waals surface area contributed by atoms with Crippen molar-refractivity contribution in [2.75, 3.05) is 5.43 Å². The summed E-state index contributed by atoms with van der Waals surface area (Å²) in [6.07, 6.45) is 3.10. The number of nitrogens with zero attached hydrogens (tertiary/aromatic N) is 4. The Bertz CT molecular complexity index is 751. The SMILES string of the molecule is Cc1ccc(-n2ncc3c(NN)ncnc32)cc1Cl. The van der Waals surface area contributed by atoms with Crippen LogP contribution in [0.3, 0.4) is 0 Å². The molecule has 3 N–H and O–H groups in total. The first-order valence-electron chi connectivity index (χ1n) is 5.62. The molecule has 0 aliphatic rings. The Morgan fingerprint density at radius 3 is 2.89 bits per heavy atom. The number of nitrogens with two attached hydrogens (primary N) is 1. The van der Waals surface area contributed by atoms with E-state index in [1.165, 1.54) is 6.33 Å². The van der Waals surface area contributed by atoms with Gasteiger partial charge in [-0.25, -0.2) is 20.5 Å². The number of nitrogens with one attached hydrogen (secondary N) is 1. The van der Waals surface area contributed by atoms with Gasteiger partial charge in [0.1, 0.15) is 6.33 Å². The van der Waals surface area contributed by atoms with Crippen molar-refractivity contribution < 1.29 is 0 Å². The molecular weight excluding hydrogens is 264 g/mol. The van der Waals surface area contributed by atoms with Gasteiger partial charge >= 0.3 is 0 Å². The summed E-state index contributed by atoms with van der Waals surface area (Å²) in [6, 6.07) is 5.72. The molecule has 0 unspecified atom stereocenters. The average molecular weight is 275 g/mol. The van der Waals surface area contributed by atoms with Gasteiger partial charge in [-0.15, -0.1) is 0 Å². The number of hydrogen-bond acceptors (Lipinski definition) is 5. The van der Waals surface area contributed by atoms with Crippen LogP contribution in [0.15, 0.2) is 30.7 Å². The van der Waals surface area contributed by atoms with Crippen molar-refractivity contribution in [3.05, 3.63) is 41.3 Å². The zero-order valence-electron chi connectivity index (χ0n) is 10.1. The Morgan fingerprint density at radius 1 is 1.32 bits per heavy atom. The summed E-state index contributed by atoms with van der Waals surface area (Å²) in [5.74, 6) is 5.95. The number of halogens is 1. The van der Waals surface area contributed by atoms with Gasteiger partial charge in [0.15, 0.2) is 11.5 Å². The minimum atomic E-state index is 0.537. The monoisotopic (exact) mass is 274 g/mol. The van der Waals surface area contributed by atoms with Gasteiger partial charge in [-0.1, -0.05) is 17.7 Å². The number of rotatable bonds is 2. The van der Waals surface area contributed by atoms with Crippen LogP contribution in [0.1, 0.15) is 5.56 Å². The quantitative estimate of drug-likeness (QED) is 0.552. The highest BCUT2D eigenvalue weighted by Gasteiger charge is 2.10. The molecule has 96 valence electrons. The van der Waals surface area contributed by atoms with Gasteiger partial charge in [-0.05, 0) is 24.6 Å². The lowest BCUT2D eigenvalue weighted by Gasteiger charge is -2.05. The average Bonchev–Trinajstić information content (AvgIpc) is 2.85. The van der Waals surface area contributed by atoms with E-state index in [2.05, 4.69) is 20.5 Å². The molecule has 0 fully saturated rings. The molecule has 0 bridgehead atoms. The van der Waals surface area contributed by atoms with Crippen molar-refractivity contribution in [2.45, 2.75) is 6.92 Å². The first-order valence-corrected chi connectivity index (χ1v) is 6.00.